The van der Waals surface area contributed by atoms with E-state index in [1.807, 2.05) is 188 Å². The number of aryl methyl sites for hydroxylation is 5. The van der Waals surface area contributed by atoms with Crippen molar-refractivity contribution in [3.63, 3.8) is 0 Å². The van der Waals surface area contributed by atoms with Gasteiger partial charge in [0.1, 0.15) is 35.4 Å². The van der Waals surface area contributed by atoms with E-state index in [1.54, 1.807) is 20.5 Å². The van der Waals surface area contributed by atoms with Gasteiger partial charge in [0.05, 0.1) is 103 Å². The summed E-state index contributed by atoms with van der Waals surface area (Å²) in [6.45, 7) is -6.27. The van der Waals surface area contributed by atoms with Crippen molar-refractivity contribution in [2.75, 3.05) is 0 Å². The monoisotopic (exact) mass is 1160 g/mol. The number of furan rings is 1. The van der Waals surface area contributed by atoms with Crippen LogP contribution in [0.1, 0.15) is 38.7 Å². The van der Waals surface area contributed by atoms with Gasteiger partial charge >= 0.3 is 5.71 Å². The molecule has 0 saturated heterocycles. The molecule has 0 spiro atoms. The molecule has 11 nitrogen and oxygen atoms in total. The molecule has 418 valence electrons. The van der Waals surface area contributed by atoms with Gasteiger partial charge in [-0.2, -0.15) is 4.57 Å². The average Bonchev–Trinajstić information content (AvgIpc) is 1.57. The standard InChI is InChI=1S/C23H18N3.C18H16N3.C17H13N2O.C17H13N2S/c1-24-22-18-12-6-5-9-16(18)15-25(22)21-19-13-7-8-14-20(19)26(23(21)24)17-10-3-2-4-11-17;1-19-15-10-6-5-9-14(15)16-18(19)20(2)17-13-8-4-3-7-12(13)11-21(16)17;2*1-18-16-12-7-3-2-6-11(12)10-19(16)15-13-8-4-5-9-14(13)20-17(15)18/h2-14H,15H2,1H3;3-10H,11H2,1-2H3;2*2-9H,10H2,1H3/q4*+1/i1D3;2D3;2*1D3. The Morgan fingerprint density at radius 2 is 0.805 bits per heavy atom. The molecule has 0 saturated carbocycles. The van der Waals surface area contributed by atoms with E-state index >= 15 is 0 Å². The van der Waals surface area contributed by atoms with Crippen LogP contribution in [0.4, 0.5) is 0 Å². The first-order valence-corrected chi connectivity index (χ1v) is 29.9. The molecule has 0 amide bonds. The SMILES string of the molecule is [2H]C([2H])([2H])[n+]1c2n(c3c4ccccc4n(-c4ccccc4)c31)Cc1ccccc1-2.[2H]C([2H])([2H])[n+]1c2n(c3c4ccccc4n(C)c31)Cc1ccccc1-2.[2H]C([2H])([2H])[n+]1c2n(c3c4ccccc4oc31)Cc1ccccc1-2.[2H]C([2H])([2H])[n+]1c2n(c3c4ccccc4sc31)Cc1ccccc1-2. The van der Waals surface area contributed by atoms with Gasteiger partial charge in [0, 0.05) is 21.2 Å². The highest BCUT2D eigenvalue weighted by atomic mass is 32.1. The lowest BCUT2D eigenvalue weighted by atomic mass is 10.1. The van der Waals surface area contributed by atoms with E-state index in [1.165, 1.54) is 20.3 Å². The topological polar surface area (TPSA) is 58.2 Å². The van der Waals surface area contributed by atoms with Crippen molar-refractivity contribution >= 4 is 98.1 Å². The second-order valence-corrected chi connectivity index (χ2v) is 23.8. The van der Waals surface area contributed by atoms with Crippen LogP contribution in [0.2, 0.25) is 0 Å². The van der Waals surface area contributed by atoms with E-state index in [-0.39, 0.29) is 0 Å². The van der Waals surface area contributed by atoms with E-state index in [0.29, 0.717) is 42.4 Å². The molecule has 12 heteroatoms. The number of para-hydroxylation sites is 4. The number of hydrogen-bond acceptors (Lipinski definition) is 2. The van der Waals surface area contributed by atoms with Crippen LogP contribution in [-0.2, 0) is 61.1 Å². The molecule has 0 radical (unpaired) electrons. The van der Waals surface area contributed by atoms with Gasteiger partial charge < -0.3 is 4.42 Å². The molecule has 87 heavy (non-hydrogen) atoms. The number of aromatic nitrogens is 10. The third kappa shape index (κ3) is 6.98. The van der Waals surface area contributed by atoms with Crippen LogP contribution in [0.3, 0.4) is 0 Å². The minimum atomic E-state index is -2.31. The van der Waals surface area contributed by atoms with Crippen molar-refractivity contribution in [1.29, 1.82) is 0 Å². The van der Waals surface area contributed by atoms with Crippen LogP contribution >= 0.6 is 11.3 Å². The van der Waals surface area contributed by atoms with Crippen molar-refractivity contribution in [1.82, 2.24) is 27.4 Å². The zero-order valence-corrected chi connectivity index (χ0v) is 47.8. The van der Waals surface area contributed by atoms with Gasteiger partial charge in [0.15, 0.2) is 16.6 Å². The molecule has 0 unspecified atom stereocenters. The fourth-order valence-corrected chi connectivity index (χ4v) is 15.6. The largest absolute Gasteiger partial charge is 0.419 e. The van der Waals surface area contributed by atoms with Crippen LogP contribution in [0, 0.1) is 0 Å². The molecule has 17 aromatic rings. The molecule has 0 fully saturated rings. The van der Waals surface area contributed by atoms with E-state index in [2.05, 4.69) is 71.4 Å². The van der Waals surface area contributed by atoms with Crippen molar-refractivity contribution in [3.05, 3.63) is 247 Å². The number of benzene rings is 9. The fourth-order valence-electron chi connectivity index (χ4n) is 14.4. The summed E-state index contributed by atoms with van der Waals surface area (Å²) in [6.07, 6.45) is 0. The third-order valence-electron chi connectivity index (χ3n) is 18.1. The van der Waals surface area contributed by atoms with Crippen LogP contribution in [-0.4, -0.2) is 27.4 Å². The summed E-state index contributed by atoms with van der Waals surface area (Å²) in [5, 5.41) is 4.22. The Morgan fingerprint density at radius 3 is 1.40 bits per heavy atom. The summed E-state index contributed by atoms with van der Waals surface area (Å²) in [7, 11) is 1.94. The van der Waals surface area contributed by atoms with E-state index in [9.17, 15) is 0 Å². The maximum atomic E-state index is 8.38. The zero-order valence-electron chi connectivity index (χ0n) is 59.0. The summed E-state index contributed by atoms with van der Waals surface area (Å²) in [6, 6.07) is 74.2. The Kier molecular flexibility index (Phi) is 8.42. The minimum absolute atomic E-state index is 0.413. The van der Waals surface area contributed by atoms with E-state index in [4.69, 9.17) is 20.9 Å². The molecule has 9 aromatic carbocycles. The first-order chi connectivity index (χ1) is 47.6. The molecule has 0 N–H and O–H groups in total. The number of thiophene rings is 1. The van der Waals surface area contributed by atoms with E-state index in [0.717, 1.165) is 133 Å². The molecule has 0 aliphatic carbocycles. The van der Waals surface area contributed by atoms with Crippen molar-refractivity contribution in [2.45, 2.75) is 26.2 Å². The summed E-state index contributed by atoms with van der Waals surface area (Å²) < 4.78 is 123. The lowest BCUT2D eigenvalue weighted by Gasteiger charge is -2.03. The smallest absolute Gasteiger partial charge is 0.339 e. The second kappa shape index (κ2) is 18.7. The molecule has 4 aliphatic rings. The zero-order chi connectivity index (χ0) is 67.9. The van der Waals surface area contributed by atoms with Gasteiger partial charge in [0.25, 0.3) is 22.9 Å². The number of nitrogens with zero attached hydrogens (tertiary/aromatic N) is 10. The third-order valence-corrected chi connectivity index (χ3v) is 19.3. The lowest BCUT2D eigenvalue weighted by molar-refractivity contribution is -0.640. The Morgan fingerprint density at radius 1 is 0.379 bits per heavy atom. The highest BCUT2D eigenvalue weighted by Crippen LogP contribution is 2.43. The van der Waals surface area contributed by atoms with Gasteiger partial charge in [-0.1, -0.05) is 151 Å². The van der Waals surface area contributed by atoms with Gasteiger partial charge in [0.2, 0.25) is 22.0 Å². The van der Waals surface area contributed by atoms with Crippen LogP contribution < -0.4 is 18.3 Å². The molecule has 0 atom stereocenters. The summed E-state index contributed by atoms with van der Waals surface area (Å²) in [4.78, 5) is 0.829. The van der Waals surface area contributed by atoms with Gasteiger partial charge in [-0.15, -0.1) is 0 Å². The normalized spacial score (nSPS) is 15.6. The van der Waals surface area contributed by atoms with Crippen LogP contribution in [0.5, 0.6) is 0 Å². The summed E-state index contributed by atoms with van der Waals surface area (Å²) >= 11 is 1.56. The van der Waals surface area contributed by atoms with Gasteiger partial charge in [-0.05, 0) is 96.1 Å². The average molecular weight is 1160 g/mol. The highest BCUT2D eigenvalue weighted by Gasteiger charge is 2.39. The first-order valence-electron chi connectivity index (χ1n) is 35.1. The molecule has 12 heterocycles. The highest BCUT2D eigenvalue weighted by molar-refractivity contribution is 7.25. The molecule has 4 aliphatic heterocycles. The Balaban J connectivity index is 0.0000000958. The number of imidazole rings is 4. The second-order valence-electron chi connectivity index (χ2n) is 22.7. The summed E-state index contributed by atoms with van der Waals surface area (Å²) in [5.74, 6) is 3.02. The van der Waals surface area contributed by atoms with Gasteiger partial charge in [-0.3, -0.25) is 4.57 Å². The van der Waals surface area contributed by atoms with Gasteiger partial charge in [-0.25, -0.2) is 36.5 Å². The fraction of sp³-hybridized carbons (Fsp3) is 0.120. The molecule has 8 aromatic heterocycles. The number of rotatable bonds is 1. The maximum Gasteiger partial charge on any atom is 0.339 e. The van der Waals surface area contributed by atoms with Crippen molar-refractivity contribution < 1.29 is 39.1 Å². The Labute approximate surface area is 521 Å². The predicted molar refractivity (Wildman–Crippen MR) is 349 cm³/mol. The van der Waals surface area contributed by atoms with Crippen LogP contribution in [0.25, 0.3) is 138 Å². The van der Waals surface area contributed by atoms with Crippen molar-refractivity contribution in [2.24, 2.45) is 35.0 Å². The van der Waals surface area contributed by atoms with Crippen molar-refractivity contribution in [3.8, 4) is 51.2 Å². The maximum absolute atomic E-state index is 8.38. The minimum Gasteiger partial charge on any atom is -0.419 e. The van der Waals surface area contributed by atoms with E-state index < -0.39 is 27.9 Å². The van der Waals surface area contributed by atoms with Crippen LogP contribution in [0.15, 0.2) is 229 Å². The Bertz CT molecular complexity index is 6050. The predicted octanol–water partition coefficient (Wildman–Crippen LogP) is 14.4. The molecular formula is C75H60N10OS+4. The number of hydrogen-bond donors (Lipinski definition) is 0. The molecular weight excluding hydrogens is 1090 g/mol. The molecule has 0 bridgehead atoms. The Hall–Kier alpha value is -10.6. The summed E-state index contributed by atoms with van der Waals surface area (Å²) in [5.41, 5.74) is 18.0. The molecule has 21 rings (SSSR count). The quantitative estimate of drug-likeness (QED) is 0.151. The number of fused-ring (bicyclic) bond motifs is 28. The first kappa shape index (κ1) is 39.1. The lowest BCUT2D eigenvalue weighted by Crippen LogP contribution is -2.31.